The average Bonchev–Trinajstić information content (AvgIpc) is 2.04. The second kappa shape index (κ2) is 2.72. The zero-order valence-corrected chi connectivity index (χ0v) is 6.85. The van der Waals surface area contributed by atoms with Gasteiger partial charge in [0.2, 0.25) is 0 Å². The summed E-state index contributed by atoms with van der Waals surface area (Å²) in [6.45, 7) is 0. The molecule has 0 spiro atoms. The number of carbonyl (C=O) groups is 1. The monoisotopic (exact) mass is 185 g/mol. The Morgan fingerprint density at radius 1 is 1.42 bits per heavy atom. The molecule has 0 aliphatic carbocycles. The van der Waals surface area contributed by atoms with E-state index in [1.807, 2.05) is 0 Å². The van der Waals surface area contributed by atoms with Crippen molar-refractivity contribution in [3.63, 3.8) is 0 Å². The van der Waals surface area contributed by atoms with E-state index in [-0.39, 0.29) is 0 Å². The van der Waals surface area contributed by atoms with Gasteiger partial charge in [-0.1, -0.05) is 12.1 Å². The van der Waals surface area contributed by atoms with Crippen molar-refractivity contribution < 1.29 is 13.5 Å². The van der Waals surface area contributed by atoms with Crippen LogP contribution in [0.2, 0.25) is 0 Å². The lowest BCUT2D eigenvalue weighted by atomic mass is 10.2. The normalized spacial score (nSPS) is 20.8. The summed E-state index contributed by atoms with van der Waals surface area (Å²) in [5, 5.41) is 2.07. The lowest BCUT2D eigenvalue weighted by molar-refractivity contribution is 0.0970. The van der Waals surface area contributed by atoms with Gasteiger partial charge in [0, 0.05) is 0 Å². The predicted octanol–water partition coefficient (Wildman–Crippen LogP) is 2.01. The highest BCUT2D eigenvalue weighted by molar-refractivity contribution is 7.46. The van der Waals surface area contributed by atoms with E-state index in [9.17, 15) is 8.99 Å². The van der Waals surface area contributed by atoms with Crippen molar-refractivity contribution in [3.8, 4) is 5.75 Å². The number of halogens is 1. The molecule has 1 aliphatic rings. The second-order valence-electron chi connectivity index (χ2n) is 2.27. The maximum absolute atomic E-state index is 12.6. The number of amides is 1. The number of hydrogen-bond acceptors (Lipinski definition) is 2. The largest absolute Gasteiger partial charge is 0.428 e. The first kappa shape index (κ1) is 7.50. The standard InChI is InChI=1S/C7H5FNO2P/c8-12-9-7(10)5-3-1-2-4-6(5)11-12/h1-4H,(H,9,10). The van der Waals surface area contributed by atoms with E-state index in [2.05, 4.69) is 5.09 Å². The van der Waals surface area contributed by atoms with Crippen LogP contribution >= 0.6 is 8.61 Å². The van der Waals surface area contributed by atoms with Crippen molar-refractivity contribution in [3.05, 3.63) is 29.8 Å². The Morgan fingerprint density at radius 3 is 3.00 bits per heavy atom. The van der Waals surface area contributed by atoms with E-state index >= 15 is 0 Å². The van der Waals surface area contributed by atoms with Gasteiger partial charge in [-0.15, -0.1) is 0 Å². The van der Waals surface area contributed by atoms with Crippen molar-refractivity contribution in [1.29, 1.82) is 0 Å². The summed E-state index contributed by atoms with van der Waals surface area (Å²) in [5.74, 6) is -0.0969. The van der Waals surface area contributed by atoms with Crippen molar-refractivity contribution in [2.45, 2.75) is 0 Å². The number of hydrogen-bond donors (Lipinski definition) is 1. The number of benzene rings is 1. The zero-order chi connectivity index (χ0) is 8.55. The van der Waals surface area contributed by atoms with Crippen LogP contribution < -0.4 is 9.61 Å². The summed E-state index contributed by atoms with van der Waals surface area (Å²) in [5.41, 5.74) is 0.383. The Bertz CT molecular complexity index is 331. The zero-order valence-electron chi connectivity index (χ0n) is 5.95. The van der Waals surface area contributed by atoms with Crippen molar-refractivity contribution in [2.24, 2.45) is 0 Å². The molecule has 1 unspecified atom stereocenters. The number of rotatable bonds is 0. The molecule has 62 valence electrons. The minimum atomic E-state index is -2.32. The Balaban J connectivity index is 2.47. The minimum Gasteiger partial charge on any atom is -0.428 e. The molecule has 2 rings (SSSR count). The van der Waals surface area contributed by atoms with E-state index in [4.69, 9.17) is 4.52 Å². The van der Waals surface area contributed by atoms with E-state index < -0.39 is 14.5 Å². The molecular weight excluding hydrogens is 180 g/mol. The van der Waals surface area contributed by atoms with Crippen LogP contribution in [0.4, 0.5) is 4.20 Å². The summed E-state index contributed by atoms with van der Waals surface area (Å²) in [6.07, 6.45) is 0. The Hall–Kier alpha value is -1.15. The fourth-order valence-electron chi connectivity index (χ4n) is 0.983. The molecule has 1 aromatic rings. The van der Waals surface area contributed by atoms with E-state index in [1.165, 1.54) is 0 Å². The van der Waals surface area contributed by atoms with Gasteiger partial charge in [-0.05, 0) is 12.1 Å². The molecule has 5 heteroatoms. The van der Waals surface area contributed by atoms with E-state index in [1.54, 1.807) is 24.3 Å². The first-order valence-electron chi connectivity index (χ1n) is 3.31. The minimum absolute atomic E-state index is 0.315. The van der Waals surface area contributed by atoms with Gasteiger partial charge < -0.3 is 4.52 Å². The van der Waals surface area contributed by atoms with Gasteiger partial charge in [-0.3, -0.25) is 9.88 Å². The first-order valence-corrected chi connectivity index (χ1v) is 4.46. The van der Waals surface area contributed by atoms with E-state index in [0.29, 0.717) is 11.3 Å². The highest BCUT2D eigenvalue weighted by Crippen LogP contribution is 2.41. The summed E-state index contributed by atoms with van der Waals surface area (Å²) >= 11 is 0. The number of carbonyl (C=O) groups excluding carboxylic acids is 1. The Labute approximate surface area is 69.5 Å². The molecule has 3 nitrogen and oxygen atoms in total. The topological polar surface area (TPSA) is 38.3 Å². The van der Waals surface area contributed by atoms with Gasteiger partial charge >= 0.3 is 8.61 Å². The molecule has 0 saturated heterocycles. The second-order valence-corrected chi connectivity index (χ2v) is 3.17. The molecule has 1 atom stereocenters. The number of nitrogens with one attached hydrogen (secondary N) is 1. The van der Waals surface area contributed by atoms with Crippen molar-refractivity contribution in [2.75, 3.05) is 0 Å². The van der Waals surface area contributed by atoms with Crippen LogP contribution in [0.3, 0.4) is 0 Å². The quantitative estimate of drug-likeness (QED) is 0.627. The van der Waals surface area contributed by atoms with Gasteiger partial charge in [-0.2, -0.15) is 4.20 Å². The maximum atomic E-state index is 12.6. The van der Waals surface area contributed by atoms with Gasteiger partial charge in [-0.25, -0.2) is 0 Å². The Kier molecular flexibility index (Phi) is 1.70. The molecule has 1 N–H and O–H groups in total. The molecule has 0 aromatic heterocycles. The fourth-order valence-corrected chi connectivity index (χ4v) is 1.64. The average molecular weight is 185 g/mol. The molecule has 0 fully saturated rings. The van der Waals surface area contributed by atoms with Crippen molar-refractivity contribution in [1.82, 2.24) is 5.09 Å². The predicted molar refractivity (Wildman–Crippen MR) is 42.6 cm³/mol. The van der Waals surface area contributed by atoms with Crippen LogP contribution in [-0.2, 0) is 0 Å². The molecule has 1 aliphatic heterocycles. The molecule has 1 heterocycles. The molecule has 0 bridgehead atoms. The summed E-state index contributed by atoms with van der Waals surface area (Å²) in [7, 11) is -2.32. The molecular formula is C7H5FNO2P. The molecule has 0 radical (unpaired) electrons. The Morgan fingerprint density at radius 2 is 2.17 bits per heavy atom. The van der Waals surface area contributed by atoms with E-state index in [0.717, 1.165) is 0 Å². The van der Waals surface area contributed by atoms with Crippen LogP contribution in [0.1, 0.15) is 10.4 Å². The summed E-state index contributed by atoms with van der Waals surface area (Å²) in [4.78, 5) is 11.1. The SMILES string of the molecule is O=C1NP(F)Oc2ccccc21. The lowest BCUT2D eigenvalue weighted by Gasteiger charge is -2.18. The lowest BCUT2D eigenvalue weighted by Crippen LogP contribution is -2.23. The van der Waals surface area contributed by atoms with Gasteiger partial charge in [0.25, 0.3) is 5.91 Å². The fraction of sp³-hybridized carbons (Fsp3) is 0. The highest BCUT2D eigenvalue weighted by atomic mass is 31.2. The number of para-hydroxylation sites is 1. The van der Waals surface area contributed by atoms with Crippen molar-refractivity contribution >= 4 is 14.5 Å². The smallest absolute Gasteiger partial charge is 0.394 e. The first-order chi connectivity index (χ1) is 5.77. The highest BCUT2D eigenvalue weighted by Gasteiger charge is 2.25. The molecule has 12 heavy (non-hydrogen) atoms. The third-order valence-corrected chi connectivity index (χ3v) is 2.24. The van der Waals surface area contributed by atoms with Gasteiger partial charge in [0.1, 0.15) is 5.75 Å². The van der Waals surface area contributed by atoms with Crippen LogP contribution in [0.25, 0.3) is 0 Å². The van der Waals surface area contributed by atoms with Crippen LogP contribution in [0.15, 0.2) is 24.3 Å². The molecule has 0 saturated carbocycles. The third kappa shape index (κ3) is 1.14. The van der Waals surface area contributed by atoms with Gasteiger partial charge in [0.05, 0.1) is 5.56 Å². The summed E-state index contributed by atoms with van der Waals surface area (Å²) in [6, 6.07) is 6.56. The number of fused-ring (bicyclic) bond motifs is 1. The van der Waals surface area contributed by atoms with Crippen LogP contribution in [-0.4, -0.2) is 5.91 Å². The maximum Gasteiger partial charge on any atom is 0.394 e. The van der Waals surface area contributed by atoms with Gasteiger partial charge in [0.15, 0.2) is 0 Å². The molecule has 1 amide bonds. The summed E-state index contributed by atoms with van der Waals surface area (Å²) < 4.78 is 17.4. The van der Waals surface area contributed by atoms with Crippen LogP contribution in [0, 0.1) is 0 Å². The van der Waals surface area contributed by atoms with Crippen LogP contribution in [0.5, 0.6) is 5.75 Å². The third-order valence-electron chi connectivity index (χ3n) is 1.50. The molecule has 1 aromatic carbocycles.